The predicted octanol–water partition coefficient (Wildman–Crippen LogP) is 3.17. The molecule has 0 amide bonds. The van der Waals surface area contributed by atoms with Crippen molar-refractivity contribution in [3.8, 4) is 0 Å². The third-order valence-corrected chi connectivity index (χ3v) is 3.81. The molecule has 1 aromatic heterocycles. The first-order chi connectivity index (χ1) is 8.78. The Hall–Kier alpha value is -1.94. The monoisotopic (exact) mass is 256 g/mol. The van der Waals surface area contributed by atoms with Crippen molar-refractivity contribution < 1.29 is 4.79 Å². The number of carbonyl (C=O) groups excluding carboxylic acids is 1. The zero-order valence-corrected chi connectivity index (χ0v) is 10.7. The minimum Gasteiger partial charge on any atom is -0.339 e. The van der Waals surface area contributed by atoms with Crippen molar-refractivity contribution in [2.24, 2.45) is 4.99 Å². The number of carbonyl (C=O) groups is 1. The summed E-state index contributed by atoms with van der Waals surface area (Å²) in [4.78, 5) is 16.7. The Morgan fingerprint density at radius 1 is 1.39 bits per heavy atom. The number of aliphatic imine (C=N–C) groups is 1. The van der Waals surface area contributed by atoms with Gasteiger partial charge in [-0.3, -0.25) is 4.99 Å². The molecule has 2 aromatic rings. The van der Waals surface area contributed by atoms with E-state index in [1.54, 1.807) is 11.3 Å². The van der Waals surface area contributed by atoms with Gasteiger partial charge in [-0.2, -0.15) is 0 Å². The third kappa shape index (κ3) is 1.84. The maximum Gasteiger partial charge on any atom is 0.149 e. The van der Waals surface area contributed by atoms with E-state index in [1.807, 2.05) is 42.6 Å². The molecule has 1 unspecified atom stereocenters. The molecule has 3 nitrogen and oxygen atoms in total. The summed E-state index contributed by atoms with van der Waals surface area (Å²) in [5.41, 5.74) is 3.08. The number of rotatable bonds is 2. The van der Waals surface area contributed by atoms with Crippen LogP contribution in [0.5, 0.6) is 0 Å². The van der Waals surface area contributed by atoms with E-state index in [0.29, 0.717) is 0 Å². The number of nitrogens with zero attached hydrogens (tertiary/aromatic N) is 1. The van der Waals surface area contributed by atoms with Gasteiger partial charge in [0.2, 0.25) is 0 Å². The van der Waals surface area contributed by atoms with Gasteiger partial charge in [0.1, 0.15) is 18.2 Å². The fraction of sp³-hybridized carbons (Fsp3) is 0.143. The van der Waals surface area contributed by atoms with Crippen molar-refractivity contribution in [1.29, 1.82) is 0 Å². The van der Waals surface area contributed by atoms with Crippen LogP contribution in [0.1, 0.15) is 22.0 Å². The lowest BCUT2D eigenvalue weighted by atomic mass is 10.0. The molecule has 0 radical (unpaired) electrons. The molecule has 1 aromatic carbocycles. The van der Waals surface area contributed by atoms with Gasteiger partial charge in [0.05, 0.1) is 4.88 Å². The van der Waals surface area contributed by atoms with Crippen LogP contribution in [0.25, 0.3) is 0 Å². The summed E-state index contributed by atoms with van der Waals surface area (Å²) < 4.78 is 0. The lowest BCUT2D eigenvalue weighted by Crippen LogP contribution is -2.21. The quantitative estimate of drug-likeness (QED) is 0.838. The Morgan fingerprint density at radius 2 is 2.28 bits per heavy atom. The molecule has 4 heteroatoms. The van der Waals surface area contributed by atoms with E-state index in [-0.39, 0.29) is 0 Å². The van der Waals surface area contributed by atoms with Gasteiger partial charge in [0.15, 0.2) is 0 Å². The topological polar surface area (TPSA) is 41.5 Å². The Kier molecular flexibility index (Phi) is 2.72. The highest BCUT2D eigenvalue weighted by atomic mass is 32.1. The average Bonchev–Trinajstić information content (AvgIpc) is 2.90. The Labute approximate surface area is 109 Å². The summed E-state index contributed by atoms with van der Waals surface area (Å²) in [7, 11) is 0. The number of hydrogen-bond donors (Lipinski definition) is 1. The molecular weight excluding hydrogens is 244 g/mol. The molecular formula is C14H12N2OS. The van der Waals surface area contributed by atoms with Gasteiger partial charge in [-0.25, -0.2) is 0 Å². The smallest absolute Gasteiger partial charge is 0.149 e. The zero-order valence-electron chi connectivity index (χ0n) is 9.88. The summed E-state index contributed by atoms with van der Waals surface area (Å²) in [6, 6.07) is 9.59. The third-order valence-electron chi connectivity index (χ3n) is 2.93. The molecule has 2 heterocycles. The molecule has 1 aliphatic heterocycles. The largest absolute Gasteiger partial charge is 0.339 e. The fourth-order valence-electron chi connectivity index (χ4n) is 2.05. The number of aldehydes is 1. The van der Waals surface area contributed by atoms with Gasteiger partial charge < -0.3 is 10.1 Å². The number of amidine groups is 1. The average molecular weight is 256 g/mol. The molecule has 0 bridgehead atoms. The SMILES string of the molecule is Cc1ccc2c(c1)NC(c1cccs1)=NC2C=O. The maximum atomic E-state index is 11.2. The predicted molar refractivity (Wildman–Crippen MR) is 74.5 cm³/mol. The first kappa shape index (κ1) is 11.2. The van der Waals surface area contributed by atoms with E-state index in [9.17, 15) is 4.79 Å². The number of hydrogen-bond acceptors (Lipinski definition) is 4. The van der Waals surface area contributed by atoms with Crippen LogP contribution in [-0.4, -0.2) is 12.1 Å². The second kappa shape index (κ2) is 4.38. The van der Waals surface area contributed by atoms with Gasteiger partial charge in [-0.05, 0) is 30.0 Å². The van der Waals surface area contributed by atoms with Crippen LogP contribution in [0, 0.1) is 6.92 Å². The molecule has 0 fully saturated rings. The van der Waals surface area contributed by atoms with Gasteiger partial charge in [-0.15, -0.1) is 11.3 Å². The van der Waals surface area contributed by atoms with Crippen LogP contribution in [0.4, 0.5) is 5.69 Å². The van der Waals surface area contributed by atoms with Gasteiger partial charge in [0.25, 0.3) is 0 Å². The first-order valence-electron chi connectivity index (χ1n) is 5.72. The number of thiophene rings is 1. The number of anilines is 1. The molecule has 0 saturated heterocycles. The summed E-state index contributed by atoms with van der Waals surface area (Å²) in [6.45, 7) is 2.04. The van der Waals surface area contributed by atoms with Crippen LogP contribution in [0.2, 0.25) is 0 Å². The van der Waals surface area contributed by atoms with E-state index >= 15 is 0 Å². The fourth-order valence-corrected chi connectivity index (χ4v) is 2.72. The lowest BCUT2D eigenvalue weighted by Gasteiger charge is -2.22. The molecule has 1 N–H and O–H groups in total. The number of aryl methyl sites for hydroxylation is 1. The van der Waals surface area contributed by atoms with Gasteiger partial charge in [0, 0.05) is 11.3 Å². The summed E-state index contributed by atoms with van der Waals surface area (Å²) in [6.07, 6.45) is 0.891. The van der Waals surface area contributed by atoms with Crippen molar-refractivity contribution >= 4 is 29.1 Å². The van der Waals surface area contributed by atoms with E-state index < -0.39 is 6.04 Å². The van der Waals surface area contributed by atoms with Crippen LogP contribution in [-0.2, 0) is 4.79 Å². The molecule has 3 rings (SSSR count). The summed E-state index contributed by atoms with van der Waals surface area (Å²) >= 11 is 1.61. The van der Waals surface area contributed by atoms with Crippen molar-refractivity contribution in [3.05, 3.63) is 51.7 Å². The van der Waals surface area contributed by atoms with Crippen LogP contribution < -0.4 is 5.32 Å². The molecule has 18 heavy (non-hydrogen) atoms. The van der Waals surface area contributed by atoms with Crippen molar-refractivity contribution in [2.75, 3.05) is 5.32 Å². The minimum absolute atomic E-state index is 0.404. The number of fused-ring (bicyclic) bond motifs is 1. The highest BCUT2D eigenvalue weighted by Crippen LogP contribution is 2.31. The Balaban J connectivity index is 2.08. The second-order valence-corrected chi connectivity index (χ2v) is 5.20. The Bertz CT molecular complexity index is 617. The Morgan fingerprint density at radius 3 is 3.00 bits per heavy atom. The highest BCUT2D eigenvalue weighted by molar-refractivity contribution is 7.12. The summed E-state index contributed by atoms with van der Waals surface area (Å²) in [5.74, 6) is 0.778. The standard InChI is InChI=1S/C14H12N2OS/c1-9-4-5-10-11(7-9)15-14(16-12(10)8-17)13-3-2-6-18-13/h2-8,12H,1H3,(H,15,16). The molecule has 1 atom stereocenters. The number of nitrogens with one attached hydrogen (secondary N) is 1. The summed E-state index contributed by atoms with van der Waals surface area (Å²) in [5, 5.41) is 5.31. The first-order valence-corrected chi connectivity index (χ1v) is 6.60. The second-order valence-electron chi connectivity index (χ2n) is 4.25. The molecule has 0 spiro atoms. The zero-order chi connectivity index (χ0) is 12.5. The van der Waals surface area contributed by atoms with E-state index in [1.165, 1.54) is 5.56 Å². The minimum atomic E-state index is -0.404. The lowest BCUT2D eigenvalue weighted by molar-refractivity contribution is -0.108. The number of benzene rings is 1. The van der Waals surface area contributed by atoms with Crippen LogP contribution in [0.3, 0.4) is 0 Å². The van der Waals surface area contributed by atoms with E-state index in [0.717, 1.165) is 28.2 Å². The van der Waals surface area contributed by atoms with E-state index in [4.69, 9.17) is 0 Å². The molecule has 0 aliphatic carbocycles. The van der Waals surface area contributed by atoms with Crippen molar-refractivity contribution in [1.82, 2.24) is 0 Å². The molecule has 90 valence electrons. The van der Waals surface area contributed by atoms with Crippen molar-refractivity contribution in [3.63, 3.8) is 0 Å². The highest BCUT2D eigenvalue weighted by Gasteiger charge is 2.21. The van der Waals surface area contributed by atoms with Crippen LogP contribution in [0.15, 0.2) is 40.7 Å². The van der Waals surface area contributed by atoms with Crippen molar-refractivity contribution in [2.45, 2.75) is 13.0 Å². The van der Waals surface area contributed by atoms with Crippen LogP contribution >= 0.6 is 11.3 Å². The van der Waals surface area contributed by atoms with Gasteiger partial charge >= 0.3 is 0 Å². The molecule has 1 aliphatic rings. The van der Waals surface area contributed by atoms with Gasteiger partial charge in [-0.1, -0.05) is 18.2 Å². The van der Waals surface area contributed by atoms with E-state index in [2.05, 4.69) is 10.3 Å². The molecule has 0 saturated carbocycles. The normalized spacial score (nSPS) is 17.6. The maximum absolute atomic E-state index is 11.2.